The van der Waals surface area contributed by atoms with Gasteiger partial charge in [0.15, 0.2) is 5.11 Å². The molecule has 126 valence electrons. The maximum absolute atomic E-state index is 11.9. The molecule has 1 aromatic carbocycles. The third kappa shape index (κ3) is 5.92. The van der Waals surface area contributed by atoms with Gasteiger partial charge in [-0.25, -0.2) is 0 Å². The number of hydrogen-bond acceptors (Lipinski definition) is 5. The van der Waals surface area contributed by atoms with Gasteiger partial charge in [0, 0.05) is 5.69 Å². The first-order chi connectivity index (χ1) is 11.7. The van der Waals surface area contributed by atoms with E-state index in [0.29, 0.717) is 5.56 Å². The van der Waals surface area contributed by atoms with Crippen molar-refractivity contribution in [1.82, 2.24) is 15.5 Å². The van der Waals surface area contributed by atoms with E-state index in [-0.39, 0.29) is 11.0 Å². The number of benzene rings is 1. The van der Waals surface area contributed by atoms with Gasteiger partial charge < -0.3 is 10.1 Å². The minimum atomic E-state index is -0.335. The monoisotopic (exact) mass is 344 g/mol. The van der Waals surface area contributed by atoms with Gasteiger partial charge in [-0.15, -0.1) is 0 Å². The van der Waals surface area contributed by atoms with Crippen molar-refractivity contribution in [1.29, 1.82) is 0 Å². The molecule has 0 fully saturated rings. The molecule has 0 spiro atoms. The predicted octanol–water partition coefficient (Wildman–Crippen LogP) is 3.17. The van der Waals surface area contributed by atoms with E-state index in [4.69, 9.17) is 17.0 Å². The molecule has 2 N–H and O–H groups in total. The highest BCUT2D eigenvalue weighted by Crippen LogP contribution is 2.16. The molecule has 1 aromatic heterocycles. The molecule has 1 heterocycles. The molecule has 24 heavy (non-hydrogen) atoms. The Bertz CT molecular complexity index is 662. The van der Waals surface area contributed by atoms with E-state index in [1.807, 2.05) is 24.3 Å². The van der Waals surface area contributed by atoms with Gasteiger partial charge in [-0.2, -0.15) is 10.2 Å². The zero-order valence-corrected chi connectivity index (χ0v) is 14.3. The largest absolute Gasteiger partial charge is 0.494 e. The summed E-state index contributed by atoms with van der Waals surface area (Å²) in [6, 6.07) is 9.00. The summed E-state index contributed by atoms with van der Waals surface area (Å²) in [6.45, 7) is 2.88. The summed E-state index contributed by atoms with van der Waals surface area (Å²) in [5.41, 5.74) is 1.17. The van der Waals surface area contributed by atoms with Crippen molar-refractivity contribution in [2.45, 2.75) is 26.2 Å². The van der Waals surface area contributed by atoms with E-state index in [1.54, 1.807) is 6.07 Å². The highest BCUT2D eigenvalue weighted by Gasteiger charge is 2.08. The van der Waals surface area contributed by atoms with Crippen LogP contribution in [0.2, 0.25) is 0 Å². The van der Waals surface area contributed by atoms with Gasteiger partial charge in [0.2, 0.25) is 0 Å². The molecule has 0 aliphatic carbocycles. The lowest BCUT2D eigenvalue weighted by atomic mass is 10.2. The second-order valence-corrected chi connectivity index (χ2v) is 5.53. The number of hydrogen-bond donors (Lipinski definition) is 2. The number of rotatable bonds is 7. The number of aromatic nitrogens is 2. The molecule has 2 aromatic rings. The van der Waals surface area contributed by atoms with Crippen molar-refractivity contribution in [3.8, 4) is 5.75 Å². The lowest BCUT2D eigenvalue weighted by Crippen LogP contribution is -2.34. The second-order valence-electron chi connectivity index (χ2n) is 5.12. The minimum Gasteiger partial charge on any atom is -0.494 e. The molecule has 0 aliphatic heterocycles. The minimum absolute atomic E-state index is 0.216. The summed E-state index contributed by atoms with van der Waals surface area (Å²) < 4.78 is 5.65. The van der Waals surface area contributed by atoms with E-state index >= 15 is 0 Å². The molecule has 7 heteroatoms. The van der Waals surface area contributed by atoms with Crippen LogP contribution in [0.25, 0.3) is 0 Å². The quantitative estimate of drug-likeness (QED) is 0.593. The van der Waals surface area contributed by atoms with E-state index in [0.717, 1.165) is 24.5 Å². The first-order valence-corrected chi connectivity index (χ1v) is 8.21. The van der Waals surface area contributed by atoms with Crippen LogP contribution in [0, 0.1) is 0 Å². The van der Waals surface area contributed by atoms with Gasteiger partial charge in [-0.1, -0.05) is 19.8 Å². The van der Waals surface area contributed by atoms with Crippen molar-refractivity contribution in [2.24, 2.45) is 0 Å². The number of carbonyl (C=O) groups is 1. The van der Waals surface area contributed by atoms with Crippen LogP contribution in [0.5, 0.6) is 5.75 Å². The Morgan fingerprint density at radius 3 is 2.62 bits per heavy atom. The summed E-state index contributed by atoms with van der Waals surface area (Å²) in [5, 5.41) is 13.0. The number of amides is 1. The number of anilines is 1. The summed E-state index contributed by atoms with van der Waals surface area (Å²) >= 11 is 5.13. The molecule has 0 unspecified atom stereocenters. The predicted molar refractivity (Wildman–Crippen MR) is 97.2 cm³/mol. The van der Waals surface area contributed by atoms with Crippen molar-refractivity contribution in [3.05, 3.63) is 48.3 Å². The van der Waals surface area contributed by atoms with Crippen LogP contribution in [0.15, 0.2) is 42.7 Å². The Hall–Kier alpha value is -2.54. The van der Waals surface area contributed by atoms with Crippen LogP contribution >= 0.6 is 12.2 Å². The number of unbranched alkanes of at least 4 members (excludes halogenated alkanes) is 2. The standard InChI is InChI=1S/C17H20N4O2S/c1-2-3-4-11-23-15-7-5-14(6-8-15)20-17(24)21-16(22)13-9-10-18-19-12-13/h5-10,12H,2-4,11H2,1H3,(H2,20,21,22,24). The zero-order valence-electron chi connectivity index (χ0n) is 13.5. The van der Waals surface area contributed by atoms with Gasteiger partial charge in [0.25, 0.3) is 5.91 Å². The van der Waals surface area contributed by atoms with Crippen LogP contribution in [0.3, 0.4) is 0 Å². The molecular weight excluding hydrogens is 324 g/mol. The average Bonchev–Trinajstić information content (AvgIpc) is 2.61. The molecule has 0 atom stereocenters. The highest BCUT2D eigenvalue weighted by molar-refractivity contribution is 7.80. The number of nitrogens with zero attached hydrogens (tertiary/aromatic N) is 2. The summed E-state index contributed by atoms with van der Waals surface area (Å²) in [6.07, 6.45) is 6.22. The maximum Gasteiger partial charge on any atom is 0.259 e. The van der Waals surface area contributed by atoms with Crippen molar-refractivity contribution in [2.75, 3.05) is 11.9 Å². The first kappa shape index (κ1) is 17.8. The molecule has 2 rings (SSSR count). The van der Waals surface area contributed by atoms with E-state index in [1.165, 1.54) is 25.2 Å². The fourth-order valence-electron chi connectivity index (χ4n) is 1.94. The van der Waals surface area contributed by atoms with Crippen molar-refractivity contribution < 1.29 is 9.53 Å². The topological polar surface area (TPSA) is 76.1 Å². The molecular formula is C17H20N4O2S. The molecule has 0 saturated carbocycles. The third-order valence-electron chi connectivity index (χ3n) is 3.20. The molecule has 0 bridgehead atoms. The van der Waals surface area contributed by atoms with Crippen molar-refractivity contribution in [3.63, 3.8) is 0 Å². The van der Waals surface area contributed by atoms with E-state index in [2.05, 4.69) is 27.8 Å². The molecule has 0 radical (unpaired) electrons. The second kappa shape index (κ2) is 9.57. The van der Waals surface area contributed by atoms with Gasteiger partial charge in [0.05, 0.1) is 24.6 Å². The average molecular weight is 344 g/mol. The van der Waals surface area contributed by atoms with Crippen molar-refractivity contribution >= 4 is 28.9 Å². The highest BCUT2D eigenvalue weighted by atomic mass is 32.1. The number of nitrogens with one attached hydrogen (secondary N) is 2. The molecule has 0 saturated heterocycles. The Balaban J connectivity index is 1.80. The summed E-state index contributed by atoms with van der Waals surface area (Å²) in [4.78, 5) is 11.9. The normalized spacial score (nSPS) is 10.0. The maximum atomic E-state index is 11.9. The summed E-state index contributed by atoms with van der Waals surface area (Å²) in [7, 11) is 0. The van der Waals surface area contributed by atoms with Gasteiger partial charge in [0.1, 0.15) is 5.75 Å². The smallest absolute Gasteiger partial charge is 0.259 e. The van der Waals surface area contributed by atoms with E-state index < -0.39 is 0 Å². The lowest BCUT2D eigenvalue weighted by molar-refractivity contribution is 0.0977. The van der Waals surface area contributed by atoms with Crippen LogP contribution in [-0.2, 0) is 0 Å². The number of carbonyl (C=O) groups excluding carboxylic acids is 1. The Morgan fingerprint density at radius 1 is 1.17 bits per heavy atom. The Morgan fingerprint density at radius 2 is 1.96 bits per heavy atom. The van der Waals surface area contributed by atoms with Gasteiger partial charge in [-0.3, -0.25) is 10.1 Å². The number of ether oxygens (including phenoxy) is 1. The molecule has 0 aliphatic rings. The molecule has 6 nitrogen and oxygen atoms in total. The fourth-order valence-corrected chi connectivity index (χ4v) is 2.15. The lowest BCUT2D eigenvalue weighted by Gasteiger charge is -2.10. The van der Waals surface area contributed by atoms with Gasteiger partial charge >= 0.3 is 0 Å². The van der Waals surface area contributed by atoms with Crippen LogP contribution < -0.4 is 15.4 Å². The molecule has 1 amide bonds. The Kier molecular flexibility index (Phi) is 7.10. The first-order valence-electron chi connectivity index (χ1n) is 7.81. The van der Waals surface area contributed by atoms with E-state index in [9.17, 15) is 4.79 Å². The van der Waals surface area contributed by atoms with Crippen LogP contribution in [0.1, 0.15) is 36.5 Å². The SMILES string of the molecule is CCCCCOc1ccc(NC(=S)NC(=O)c2ccnnc2)cc1. The number of thiocarbonyl (C=S) groups is 1. The van der Waals surface area contributed by atoms with Crippen LogP contribution in [-0.4, -0.2) is 27.8 Å². The van der Waals surface area contributed by atoms with Gasteiger partial charge in [-0.05, 0) is 49.0 Å². The van der Waals surface area contributed by atoms with Crippen LogP contribution in [0.4, 0.5) is 5.69 Å². The fraction of sp³-hybridized carbons (Fsp3) is 0.294. The summed E-state index contributed by atoms with van der Waals surface area (Å²) in [5.74, 6) is 0.479. The Labute approximate surface area is 146 Å². The third-order valence-corrected chi connectivity index (χ3v) is 3.41. The zero-order chi connectivity index (χ0) is 17.2.